The van der Waals surface area contributed by atoms with E-state index in [1.54, 1.807) is 0 Å². The highest BCUT2D eigenvalue weighted by Crippen LogP contribution is 2.05. The van der Waals surface area contributed by atoms with Gasteiger partial charge in [0.25, 0.3) is 0 Å². The van der Waals surface area contributed by atoms with Gasteiger partial charge < -0.3 is 10.6 Å². The van der Waals surface area contributed by atoms with Crippen molar-refractivity contribution in [2.45, 2.75) is 25.3 Å². The van der Waals surface area contributed by atoms with E-state index in [0.717, 1.165) is 18.5 Å². The Labute approximate surface area is 104 Å². The Morgan fingerprint density at radius 1 is 1.29 bits per heavy atom. The number of nitrogens with two attached hydrogens (primary N) is 1. The number of hydrogen-bond acceptors (Lipinski definition) is 3. The molecular formula is C14H22N2O. The summed E-state index contributed by atoms with van der Waals surface area (Å²) in [7, 11) is 4.02. The maximum atomic E-state index is 11.8. The summed E-state index contributed by atoms with van der Waals surface area (Å²) < 4.78 is 0. The maximum Gasteiger partial charge on any atom is 0.149 e. The minimum atomic E-state index is -0.362. The monoisotopic (exact) mass is 234 g/mol. The Kier molecular flexibility index (Phi) is 5.87. The van der Waals surface area contributed by atoms with Crippen molar-refractivity contribution in [1.29, 1.82) is 0 Å². The average Bonchev–Trinajstić information content (AvgIpc) is 2.29. The summed E-state index contributed by atoms with van der Waals surface area (Å²) in [6, 6.07) is 9.56. The van der Waals surface area contributed by atoms with E-state index in [2.05, 4.69) is 4.90 Å². The molecule has 0 saturated heterocycles. The van der Waals surface area contributed by atoms with Gasteiger partial charge in [-0.25, -0.2) is 0 Å². The van der Waals surface area contributed by atoms with Crippen LogP contribution in [-0.4, -0.2) is 37.4 Å². The Hall–Kier alpha value is -1.19. The molecule has 3 nitrogen and oxygen atoms in total. The van der Waals surface area contributed by atoms with Crippen LogP contribution in [-0.2, 0) is 11.2 Å². The second-order valence-corrected chi connectivity index (χ2v) is 4.67. The third-order valence-electron chi connectivity index (χ3n) is 2.74. The van der Waals surface area contributed by atoms with Crippen LogP contribution in [0.2, 0.25) is 0 Å². The van der Waals surface area contributed by atoms with Crippen molar-refractivity contribution in [1.82, 2.24) is 4.90 Å². The number of carbonyl (C=O) groups is 1. The fourth-order valence-electron chi connectivity index (χ4n) is 1.74. The Bertz CT molecular complexity index is 335. The number of nitrogens with zero attached hydrogens (tertiary/aromatic N) is 1. The van der Waals surface area contributed by atoms with E-state index in [9.17, 15) is 4.79 Å². The summed E-state index contributed by atoms with van der Waals surface area (Å²) in [6.07, 6.45) is 2.10. The smallest absolute Gasteiger partial charge is 0.149 e. The van der Waals surface area contributed by atoms with Crippen molar-refractivity contribution in [3.8, 4) is 0 Å². The second-order valence-electron chi connectivity index (χ2n) is 4.67. The highest BCUT2D eigenvalue weighted by molar-refractivity contribution is 5.84. The lowest BCUT2D eigenvalue weighted by molar-refractivity contribution is -0.120. The molecule has 1 atom stereocenters. The predicted octanol–water partition coefficient (Wildman–Crippen LogP) is 1.47. The van der Waals surface area contributed by atoms with Gasteiger partial charge in [-0.15, -0.1) is 0 Å². The van der Waals surface area contributed by atoms with Gasteiger partial charge in [-0.05, 0) is 39.0 Å². The molecule has 3 heteroatoms. The van der Waals surface area contributed by atoms with E-state index < -0.39 is 0 Å². The van der Waals surface area contributed by atoms with E-state index in [4.69, 9.17) is 5.73 Å². The number of ketones is 1. The number of rotatable bonds is 7. The minimum absolute atomic E-state index is 0.163. The molecule has 1 rings (SSSR count). The molecule has 0 aliphatic carbocycles. The SMILES string of the molecule is CN(C)CCCC(=O)C(N)Cc1ccccc1. The largest absolute Gasteiger partial charge is 0.321 e. The van der Waals surface area contributed by atoms with E-state index >= 15 is 0 Å². The zero-order valence-electron chi connectivity index (χ0n) is 10.7. The van der Waals surface area contributed by atoms with Crippen LogP contribution in [0.4, 0.5) is 0 Å². The molecule has 0 spiro atoms. The van der Waals surface area contributed by atoms with Crippen molar-refractivity contribution in [3.05, 3.63) is 35.9 Å². The Morgan fingerprint density at radius 2 is 1.94 bits per heavy atom. The van der Waals surface area contributed by atoms with Gasteiger partial charge >= 0.3 is 0 Å². The summed E-state index contributed by atoms with van der Waals surface area (Å²) in [6.45, 7) is 0.934. The molecular weight excluding hydrogens is 212 g/mol. The number of carbonyl (C=O) groups excluding carboxylic acids is 1. The molecule has 0 bridgehead atoms. The lowest BCUT2D eigenvalue weighted by atomic mass is 10.0. The Morgan fingerprint density at radius 3 is 2.53 bits per heavy atom. The van der Waals surface area contributed by atoms with Gasteiger partial charge in [0.15, 0.2) is 0 Å². The maximum absolute atomic E-state index is 11.8. The molecule has 0 fully saturated rings. The zero-order valence-corrected chi connectivity index (χ0v) is 10.7. The van der Waals surface area contributed by atoms with Crippen LogP contribution in [0.5, 0.6) is 0 Å². The van der Waals surface area contributed by atoms with Crippen molar-refractivity contribution < 1.29 is 4.79 Å². The van der Waals surface area contributed by atoms with Crippen LogP contribution >= 0.6 is 0 Å². The van der Waals surface area contributed by atoms with Crippen LogP contribution in [0.3, 0.4) is 0 Å². The van der Waals surface area contributed by atoms with Gasteiger partial charge in [0.1, 0.15) is 5.78 Å². The summed E-state index contributed by atoms with van der Waals surface area (Å²) in [5, 5.41) is 0. The summed E-state index contributed by atoms with van der Waals surface area (Å²) in [5.74, 6) is 0.163. The molecule has 0 radical (unpaired) electrons. The second kappa shape index (κ2) is 7.20. The molecule has 0 aromatic heterocycles. The molecule has 2 N–H and O–H groups in total. The summed E-state index contributed by atoms with van der Waals surface area (Å²) >= 11 is 0. The lowest BCUT2D eigenvalue weighted by Crippen LogP contribution is -2.33. The van der Waals surface area contributed by atoms with Crippen molar-refractivity contribution in [3.63, 3.8) is 0 Å². The first-order valence-corrected chi connectivity index (χ1v) is 6.06. The third kappa shape index (κ3) is 5.61. The van der Waals surface area contributed by atoms with E-state index in [1.165, 1.54) is 0 Å². The molecule has 94 valence electrons. The molecule has 0 aliphatic heterocycles. The number of Topliss-reactive ketones (excluding diaryl/α,β-unsaturated/α-hetero) is 1. The van der Waals surface area contributed by atoms with Crippen LogP contribution in [0.1, 0.15) is 18.4 Å². The molecule has 1 aromatic carbocycles. The first-order chi connectivity index (χ1) is 8.09. The molecule has 1 unspecified atom stereocenters. The predicted molar refractivity (Wildman–Crippen MR) is 70.9 cm³/mol. The van der Waals surface area contributed by atoms with Gasteiger partial charge in [0.2, 0.25) is 0 Å². The number of benzene rings is 1. The van der Waals surface area contributed by atoms with Crippen molar-refractivity contribution in [2.75, 3.05) is 20.6 Å². The fraction of sp³-hybridized carbons (Fsp3) is 0.500. The van der Waals surface area contributed by atoms with Crippen LogP contribution in [0, 0.1) is 0 Å². The third-order valence-corrected chi connectivity index (χ3v) is 2.74. The van der Waals surface area contributed by atoms with Gasteiger partial charge in [-0.1, -0.05) is 30.3 Å². The Balaban J connectivity index is 2.32. The summed E-state index contributed by atoms with van der Waals surface area (Å²) in [4.78, 5) is 13.9. The molecule has 0 saturated carbocycles. The van der Waals surface area contributed by atoms with Crippen LogP contribution in [0.15, 0.2) is 30.3 Å². The number of hydrogen-bond donors (Lipinski definition) is 1. The highest BCUT2D eigenvalue weighted by Gasteiger charge is 2.13. The van der Waals surface area contributed by atoms with Gasteiger partial charge in [0.05, 0.1) is 6.04 Å². The molecule has 0 amide bonds. The summed E-state index contributed by atoms with van der Waals surface area (Å²) in [5.41, 5.74) is 7.03. The fourth-order valence-corrected chi connectivity index (χ4v) is 1.74. The molecule has 0 heterocycles. The van der Waals surface area contributed by atoms with Gasteiger partial charge in [-0.2, -0.15) is 0 Å². The first-order valence-electron chi connectivity index (χ1n) is 6.06. The highest BCUT2D eigenvalue weighted by atomic mass is 16.1. The van der Waals surface area contributed by atoms with Crippen molar-refractivity contribution in [2.24, 2.45) is 5.73 Å². The van der Waals surface area contributed by atoms with E-state index in [1.807, 2.05) is 44.4 Å². The van der Waals surface area contributed by atoms with Crippen LogP contribution in [0.25, 0.3) is 0 Å². The average molecular weight is 234 g/mol. The lowest BCUT2D eigenvalue weighted by Gasteiger charge is -2.12. The minimum Gasteiger partial charge on any atom is -0.321 e. The topological polar surface area (TPSA) is 46.3 Å². The van der Waals surface area contributed by atoms with Crippen molar-refractivity contribution >= 4 is 5.78 Å². The van der Waals surface area contributed by atoms with Crippen LogP contribution < -0.4 is 5.73 Å². The first kappa shape index (κ1) is 13.9. The van der Waals surface area contributed by atoms with Gasteiger partial charge in [-0.3, -0.25) is 4.79 Å². The quantitative estimate of drug-likeness (QED) is 0.777. The van der Waals surface area contributed by atoms with E-state index in [-0.39, 0.29) is 11.8 Å². The normalized spacial score (nSPS) is 12.7. The standard InChI is InChI=1S/C14H22N2O/c1-16(2)10-6-9-14(17)13(15)11-12-7-4-3-5-8-12/h3-5,7-8,13H,6,9-11,15H2,1-2H3. The van der Waals surface area contributed by atoms with Gasteiger partial charge in [0, 0.05) is 6.42 Å². The molecule has 0 aliphatic rings. The molecule has 1 aromatic rings. The molecule has 17 heavy (non-hydrogen) atoms. The zero-order chi connectivity index (χ0) is 12.7. The van der Waals surface area contributed by atoms with E-state index in [0.29, 0.717) is 12.8 Å².